The van der Waals surface area contributed by atoms with E-state index in [1.807, 2.05) is 23.3 Å². The number of nitrogens with zero attached hydrogens (tertiary/aromatic N) is 4. The molecule has 0 radical (unpaired) electrons. The standard InChI is InChI=1S/C21H24N6OS/c1-13-10-15(24-21-22-7-9-29-21)11-18(23-13)14-6-8-27(12-14)20(28)19-16-4-2-3-5-17(16)25-26-19/h7,9-11,14H,2-6,8,12H2,1H3,(H,25,26)(H,22,23,24)/t14-/m1/s1. The minimum atomic E-state index is 0.0562. The minimum absolute atomic E-state index is 0.0562. The van der Waals surface area contributed by atoms with E-state index in [-0.39, 0.29) is 11.8 Å². The molecule has 7 nitrogen and oxygen atoms in total. The van der Waals surface area contributed by atoms with Gasteiger partial charge in [-0.15, -0.1) is 11.3 Å². The zero-order chi connectivity index (χ0) is 19.8. The first kappa shape index (κ1) is 18.3. The summed E-state index contributed by atoms with van der Waals surface area (Å²) in [5.41, 5.74) is 5.90. The fourth-order valence-electron chi connectivity index (χ4n) is 4.38. The summed E-state index contributed by atoms with van der Waals surface area (Å²) in [5.74, 6) is 0.297. The van der Waals surface area contributed by atoms with Gasteiger partial charge in [-0.1, -0.05) is 0 Å². The number of nitrogens with one attached hydrogen (secondary N) is 2. The summed E-state index contributed by atoms with van der Waals surface area (Å²) in [4.78, 5) is 24.1. The number of fused-ring (bicyclic) bond motifs is 1. The Hall–Kier alpha value is -2.74. The van der Waals surface area contributed by atoms with Crippen LogP contribution in [0.3, 0.4) is 0 Å². The topological polar surface area (TPSA) is 86.8 Å². The summed E-state index contributed by atoms with van der Waals surface area (Å²) in [5, 5.41) is 13.6. The van der Waals surface area contributed by atoms with Gasteiger partial charge in [-0.25, -0.2) is 4.98 Å². The van der Waals surface area contributed by atoms with Crippen molar-refractivity contribution in [2.24, 2.45) is 0 Å². The maximum Gasteiger partial charge on any atom is 0.274 e. The first-order valence-electron chi connectivity index (χ1n) is 10.2. The van der Waals surface area contributed by atoms with E-state index < -0.39 is 0 Å². The lowest BCUT2D eigenvalue weighted by Crippen LogP contribution is -2.29. The van der Waals surface area contributed by atoms with Crippen LogP contribution >= 0.6 is 11.3 Å². The van der Waals surface area contributed by atoms with Crippen LogP contribution in [0.4, 0.5) is 10.8 Å². The molecule has 1 fully saturated rings. The summed E-state index contributed by atoms with van der Waals surface area (Å²) in [7, 11) is 0. The van der Waals surface area contributed by atoms with Crippen molar-refractivity contribution in [1.82, 2.24) is 25.1 Å². The first-order valence-corrected chi connectivity index (χ1v) is 11.1. The molecule has 0 unspecified atom stereocenters. The molecule has 3 aromatic heterocycles. The number of aromatic nitrogens is 4. The highest BCUT2D eigenvalue weighted by Crippen LogP contribution is 2.31. The Morgan fingerprint density at radius 3 is 3.07 bits per heavy atom. The summed E-state index contributed by atoms with van der Waals surface area (Å²) >= 11 is 1.57. The fraction of sp³-hybridized carbons (Fsp3) is 0.429. The van der Waals surface area contributed by atoms with Crippen molar-refractivity contribution in [3.63, 3.8) is 0 Å². The molecule has 8 heteroatoms. The molecule has 1 aliphatic heterocycles. The Labute approximate surface area is 173 Å². The van der Waals surface area contributed by atoms with E-state index in [1.54, 1.807) is 17.5 Å². The number of rotatable bonds is 4. The highest BCUT2D eigenvalue weighted by atomic mass is 32.1. The number of carbonyl (C=O) groups excluding carboxylic acids is 1. The van der Waals surface area contributed by atoms with Gasteiger partial charge in [0.2, 0.25) is 0 Å². The Bertz CT molecular complexity index is 1030. The number of anilines is 2. The van der Waals surface area contributed by atoms with Crippen LogP contribution in [-0.2, 0) is 12.8 Å². The minimum Gasteiger partial charge on any atom is -0.337 e. The van der Waals surface area contributed by atoms with Crippen LogP contribution in [0.1, 0.15) is 58.3 Å². The smallest absolute Gasteiger partial charge is 0.274 e. The highest BCUT2D eigenvalue weighted by molar-refractivity contribution is 7.13. The molecule has 1 amide bonds. The molecule has 2 aliphatic rings. The van der Waals surface area contributed by atoms with Crippen molar-refractivity contribution >= 4 is 28.1 Å². The number of H-pyrrole nitrogens is 1. The van der Waals surface area contributed by atoms with Crippen molar-refractivity contribution in [2.45, 2.75) is 44.9 Å². The summed E-state index contributed by atoms with van der Waals surface area (Å²) in [6.45, 7) is 3.44. The highest BCUT2D eigenvalue weighted by Gasteiger charge is 2.32. The Balaban J connectivity index is 1.32. The molecule has 0 saturated carbocycles. The molecule has 1 atom stereocenters. The number of aromatic amines is 1. The molecule has 0 bridgehead atoms. The first-order chi connectivity index (χ1) is 14.2. The molecule has 29 heavy (non-hydrogen) atoms. The second-order valence-electron chi connectivity index (χ2n) is 7.86. The molecule has 150 valence electrons. The second kappa shape index (κ2) is 7.59. The summed E-state index contributed by atoms with van der Waals surface area (Å²) < 4.78 is 0. The number of aryl methyl sites for hydroxylation is 2. The molecule has 2 N–H and O–H groups in total. The summed E-state index contributed by atoms with van der Waals surface area (Å²) in [6.07, 6.45) is 6.97. The van der Waals surface area contributed by atoms with E-state index in [0.29, 0.717) is 12.2 Å². The van der Waals surface area contributed by atoms with Crippen molar-refractivity contribution in [2.75, 3.05) is 18.4 Å². The zero-order valence-electron chi connectivity index (χ0n) is 16.4. The third-order valence-corrected chi connectivity index (χ3v) is 6.50. The number of hydrogen-bond donors (Lipinski definition) is 2. The molecule has 1 aliphatic carbocycles. The molecule has 3 aromatic rings. The Morgan fingerprint density at radius 2 is 2.21 bits per heavy atom. The van der Waals surface area contributed by atoms with Crippen LogP contribution in [0.2, 0.25) is 0 Å². The molecule has 5 rings (SSSR count). The van der Waals surface area contributed by atoms with Gasteiger partial charge >= 0.3 is 0 Å². The van der Waals surface area contributed by atoms with E-state index in [4.69, 9.17) is 4.98 Å². The van der Waals surface area contributed by atoms with Gasteiger partial charge in [0.15, 0.2) is 10.8 Å². The van der Waals surface area contributed by atoms with Crippen molar-refractivity contribution in [1.29, 1.82) is 0 Å². The number of hydrogen-bond acceptors (Lipinski definition) is 6. The van der Waals surface area contributed by atoms with Gasteiger partial charge < -0.3 is 10.2 Å². The Morgan fingerprint density at radius 1 is 1.31 bits per heavy atom. The van der Waals surface area contributed by atoms with E-state index in [9.17, 15) is 4.79 Å². The van der Waals surface area contributed by atoms with Gasteiger partial charge in [0.05, 0.1) is 0 Å². The third kappa shape index (κ3) is 3.64. The maximum absolute atomic E-state index is 13.1. The fourth-order valence-corrected chi connectivity index (χ4v) is 4.93. The third-order valence-electron chi connectivity index (χ3n) is 5.81. The zero-order valence-corrected chi connectivity index (χ0v) is 17.3. The average molecular weight is 409 g/mol. The number of carbonyl (C=O) groups is 1. The van der Waals surface area contributed by atoms with E-state index in [0.717, 1.165) is 65.7 Å². The van der Waals surface area contributed by atoms with Gasteiger partial charge in [-0.05, 0) is 51.2 Å². The molecule has 0 aromatic carbocycles. The lowest BCUT2D eigenvalue weighted by Gasteiger charge is -2.18. The van der Waals surface area contributed by atoms with E-state index in [1.165, 1.54) is 6.42 Å². The van der Waals surface area contributed by atoms with Crippen LogP contribution in [0.5, 0.6) is 0 Å². The number of thiazole rings is 1. The quantitative estimate of drug-likeness (QED) is 0.685. The van der Waals surface area contributed by atoms with Crippen molar-refractivity contribution in [3.8, 4) is 0 Å². The van der Waals surface area contributed by atoms with Crippen LogP contribution in [0.15, 0.2) is 23.7 Å². The normalized spacial score (nSPS) is 18.7. The molecular weight excluding hydrogens is 384 g/mol. The number of pyridine rings is 1. The summed E-state index contributed by atoms with van der Waals surface area (Å²) in [6, 6.07) is 4.11. The van der Waals surface area contributed by atoms with Crippen LogP contribution in [-0.4, -0.2) is 44.1 Å². The van der Waals surface area contributed by atoms with Gasteiger partial charge in [-0.3, -0.25) is 14.9 Å². The maximum atomic E-state index is 13.1. The van der Waals surface area contributed by atoms with Gasteiger partial charge in [0.1, 0.15) is 0 Å². The SMILES string of the molecule is Cc1cc(Nc2nccs2)cc([C@@H]2CCN(C(=O)c3n[nH]c4c3CCCC4)C2)n1. The van der Waals surface area contributed by atoms with Gasteiger partial charge in [-0.2, -0.15) is 5.10 Å². The van der Waals surface area contributed by atoms with Crippen molar-refractivity contribution < 1.29 is 4.79 Å². The van der Waals surface area contributed by atoms with Crippen molar-refractivity contribution in [3.05, 3.63) is 52.0 Å². The van der Waals surface area contributed by atoms with E-state index >= 15 is 0 Å². The Kier molecular flexibility index (Phi) is 4.79. The average Bonchev–Trinajstić information content (AvgIpc) is 3.47. The molecule has 4 heterocycles. The van der Waals surface area contributed by atoms with Crippen LogP contribution < -0.4 is 5.32 Å². The molecule has 0 spiro atoms. The second-order valence-corrected chi connectivity index (χ2v) is 8.75. The molecule has 1 saturated heterocycles. The lowest BCUT2D eigenvalue weighted by atomic mass is 9.95. The lowest BCUT2D eigenvalue weighted by molar-refractivity contribution is 0.0783. The van der Waals surface area contributed by atoms with Crippen LogP contribution in [0.25, 0.3) is 0 Å². The van der Waals surface area contributed by atoms with Crippen LogP contribution in [0, 0.1) is 6.92 Å². The van der Waals surface area contributed by atoms with E-state index in [2.05, 4.69) is 26.6 Å². The van der Waals surface area contributed by atoms with Gasteiger partial charge in [0.25, 0.3) is 5.91 Å². The number of amides is 1. The predicted octanol–water partition coefficient (Wildman–Crippen LogP) is 3.82. The van der Waals surface area contributed by atoms with Gasteiger partial charge in [0, 0.05) is 58.9 Å². The largest absolute Gasteiger partial charge is 0.337 e. The number of likely N-dealkylation sites (tertiary alicyclic amines) is 1. The molecular formula is C21H24N6OS. The predicted molar refractivity (Wildman–Crippen MR) is 113 cm³/mol. The monoisotopic (exact) mass is 408 g/mol.